The summed E-state index contributed by atoms with van der Waals surface area (Å²) in [6.07, 6.45) is 0.809. The first-order valence-corrected chi connectivity index (χ1v) is 6.07. The number of fused-ring (bicyclic) bond motifs is 1. The molecule has 3 heteroatoms. The molecule has 0 atom stereocenters. The molecule has 3 nitrogen and oxygen atoms in total. The molecule has 3 rings (SSSR count). The van der Waals surface area contributed by atoms with E-state index < -0.39 is 0 Å². The fraction of sp³-hybridized carbons (Fsp3) is 0.0625. The van der Waals surface area contributed by atoms with E-state index in [2.05, 4.69) is 11.9 Å². The number of anilines is 1. The molecule has 1 aliphatic rings. The largest absolute Gasteiger partial charge is 0.423 e. The summed E-state index contributed by atoms with van der Waals surface area (Å²) in [6, 6.07) is 14.6. The summed E-state index contributed by atoms with van der Waals surface area (Å²) in [4.78, 5) is 12.0. The van der Waals surface area contributed by atoms with Gasteiger partial charge in [0.15, 0.2) is 0 Å². The molecular weight excluding hydrogens is 238 g/mol. The van der Waals surface area contributed by atoms with Crippen molar-refractivity contribution in [1.82, 2.24) is 0 Å². The van der Waals surface area contributed by atoms with Crippen molar-refractivity contribution in [2.45, 2.75) is 6.42 Å². The van der Waals surface area contributed by atoms with Crippen LogP contribution in [-0.2, 0) is 6.42 Å². The summed E-state index contributed by atoms with van der Waals surface area (Å²) in [6.45, 7) is 3.88. The standard InChI is InChI=1S/C16H13NO2/c1-11-9-12-7-8-13(10-15(12)17-11)16(18)19-14-5-3-2-4-6-14/h2-8,10,17H,1,9H2. The summed E-state index contributed by atoms with van der Waals surface area (Å²) >= 11 is 0. The topological polar surface area (TPSA) is 38.3 Å². The molecule has 1 N–H and O–H groups in total. The predicted molar refractivity (Wildman–Crippen MR) is 74.3 cm³/mol. The van der Waals surface area contributed by atoms with Crippen LogP contribution in [0.25, 0.3) is 0 Å². The fourth-order valence-corrected chi connectivity index (χ4v) is 2.09. The number of ether oxygens (including phenoxy) is 1. The minimum atomic E-state index is -0.353. The van der Waals surface area contributed by atoms with Gasteiger partial charge in [0, 0.05) is 17.8 Å². The summed E-state index contributed by atoms with van der Waals surface area (Å²) in [5.41, 5.74) is 3.57. The van der Waals surface area contributed by atoms with E-state index in [-0.39, 0.29) is 5.97 Å². The van der Waals surface area contributed by atoms with Gasteiger partial charge in [0.05, 0.1) is 5.56 Å². The van der Waals surface area contributed by atoms with Gasteiger partial charge in [-0.15, -0.1) is 0 Å². The Kier molecular flexibility index (Phi) is 2.80. The number of esters is 1. The SMILES string of the molecule is C=C1Cc2ccc(C(=O)Oc3ccccc3)cc2N1. The van der Waals surface area contributed by atoms with Crippen molar-refractivity contribution in [3.05, 3.63) is 71.9 Å². The number of carbonyl (C=O) groups excluding carboxylic acids is 1. The number of hydrogen-bond donors (Lipinski definition) is 1. The third kappa shape index (κ3) is 2.36. The lowest BCUT2D eigenvalue weighted by molar-refractivity contribution is 0.0735. The van der Waals surface area contributed by atoms with Gasteiger partial charge in [-0.2, -0.15) is 0 Å². The number of hydrogen-bond acceptors (Lipinski definition) is 3. The van der Waals surface area contributed by atoms with E-state index in [1.165, 1.54) is 0 Å². The Bertz CT molecular complexity index is 647. The van der Waals surface area contributed by atoms with Crippen molar-refractivity contribution in [2.75, 3.05) is 5.32 Å². The third-order valence-corrected chi connectivity index (χ3v) is 3.01. The second-order valence-electron chi connectivity index (χ2n) is 4.48. The molecule has 2 aromatic carbocycles. The molecule has 0 aromatic heterocycles. The average molecular weight is 251 g/mol. The first kappa shape index (κ1) is 11.5. The Morgan fingerprint density at radius 1 is 1.16 bits per heavy atom. The van der Waals surface area contributed by atoms with Crippen molar-refractivity contribution < 1.29 is 9.53 Å². The summed E-state index contributed by atoms with van der Waals surface area (Å²) < 4.78 is 5.30. The van der Waals surface area contributed by atoms with Crippen molar-refractivity contribution in [3.8, 4) is 5.75 Å². The van der Waals surface area contributed by atoms with Crippen molar-refractivity contribution >= 4 is 11.7 Å². The van der Waals surface area contributed by atoms with Crippen LogP contribution in [0.3, 0.4) is 0 Å². The van der Waals surface area contributed by atoms with Gasteiger partial charge in [-0.3, -0.25) is 0 Å². The van der Waals surface area contributed by atoms with Gasteiger partial charge < -0.3 is 10.1 Å². The first-order chi connectivity index (χ1) is 9.22. The Hall–Kier alpha value is -2.55. The highest BCUT2D eigenvalue weighted by molar-refractivity contribution is 5.92. The predicted octanol–water partition coefficient (Wildman–Crippen LogP) is 3.39. The maximum Gasteiger partial charge on any atom is 0.343 e. The quantitative estimate of drug-likeness (QED) is 0.656. The van der Waals surface area contributed by atoms with Crippen LogP contribution in [-0.4, -0.2) is 5.97 Å². The Morgan fingerprint density at radius 2 is 1.95 bits per heavy atom. The van der Waals surface area contributed by atoms with E-state index in [0.717, 1.165) is 23.4 Å². The lowest BCUT2D eigenvalue weighted by Crippen LogP contribution is -2.08. The van der Waals surface area contributed by atoms with Crippen LogP contribution in [0, 0.1) is 0 Å². The molecule has 94 valence electrons. The normalized spacial score (nSPS) is 12.7. The van der Waals surface area contributed by atoms with Gasteiger partial charge in [-0.25, -0.2) is 4.79 Å². The number of nitrogens with one attached hydrogen (secondary N) is 1. The molecule has 0 bridgehead atoms. The Labute approximate surface area is 111 Å². The second-order valence-corrected chi connectivity index (χ2v) is 4.48. The molecule has 0 saturated heterocycles. The van der Waals surface area contributed by atoms with Gasteiger partial charge in [0.25, 0.3) is 0 Å². The maximum atomic E-state index is 12.0. The molecule has 0 saturated carbocycles. The number of allylic oxidation sites excluding steroid dienone is 1. The van der Waals surface area contributed by atoms with Gasteiger partial charge in [0.1, 0.15) is 5.75 Å². The summed E-state index contributed by atoms with van der Waals surface area (Å²) in [5, 5.41) is 3.15. The van der Waals surface area contributed by atoms with Crippen LogP contribution in [0.4, 0.5) is 5.69 Å². The Balaban J connectivity index is 1.82. The van der Waals surface area contributed by atoms with Crippen LogP contribution in [0.2, 0.25) is 0 Å². The maximum absolute atomic E-state index is 12.0. The molecule has 0 amide bonds. The zero-order valence-electron chi connectivity index (χ0n) is 10.3. The molecule has 1 heterocycles. The number of benzene rings is 2. The van der Waals surface area contributed by atoms with Crippen molar-refractivity contribution in [1.29, 1.82) is 0 Å². The summed E-state index contributed by atoms with van der Waals surface area (Å²) in [7, 11) is 0. The van der Waals surface area contributed by atoms with E-state index in [4.69, 9.17) is 4.74 Å². The third-order valence-electron chi connectivity index (χ3n) is 3.01. The second kappa shape index (κ2) is 4.61. The molecule has 0 spiro atoms. The molecule has 0 fully saturated rings. The van der Waals surface area contributed by atoms with Crippen LogP contribution in [0.15, 0.2) is 60.8 Å². The van der Waals surface area contributed by atoms with Gasteiger partial charge in [-0.05, 0) is 29.8 Å². The highest BCUT2D eigenvalue weighted by atomic mass is 16.5. The zero-order valence-corrected chi connectivity index (χ0v) is 10.3. The number of para-hydroxylation sites is 1. The molecular formula is C16H13NO2. The van der Waals surface area contributed by atoms with E-state index in [0.29, 0.717) is 11.3 Å². The lowest BCUT2D eigenvalue weighted by Gasteiger charge is -2.06. The highest BCUT2D eigenvalue weighted by Crippen LogP contribution is 2.28. The Morgan fingerprint density at radius 3 is 2.74 bits per heavy atom. The monoisotopic (exact) mass is 251 g/mol. The lowest BCUT2D eigenvalue weighted by atomic mass is 10.1. The molecule has 0 aliphatic carbocycles. The van der Waals surface area contributed by atoms with Gasteiger partial charge >= 0.3 is 5.97 Å². The average Bonchev–Trinajstić information content (AvgIpc) is 2.78. The molecule has 0 unspecified atom stereocenters. The zero-order chi connectivity index (χ0) is 13.2. The minimum Gasteiger partial charge on any atom is -0.423 e. The van der Waals surface area contributed by atoms with Crippen LogP contribution < -0.4 is 10.1 Å². The minimum absolute atomic E-state index is 0.353. The molecule has 0 radical (unpaired) electrons. The smallest absolute Gasteiger partial charge is 0.343 e. The van der Waals surface area contributed by atoms with Gasteiger partial charge in [0.2, 0.25) is 0 Å². The van der Waals surface area contributed by atoms with Crippen LogP contribution in [0.1, 0.15) is 15.9 Å². The first-order valence-electron chi connectivity index (χ1n) is 6.07. The molecule has 19 heavy (non-hydrogen) atoms. The van der Waals surface area contributed by atoms with Crippen LogP contribution >= 0.6 is 0 Å². The van der Waals surface area contributed by atoms with E-state index in [1.807, 2.05) is 24.3 Å². The van der Waals surface area contributed by atoms with E-state index in [1.54, 1.807) is 24.3 Å². The van der Waals surface area contributed by atoms with Crippen molar-refractivity contribution in [2.24, 2.45) is 0 Å². The van der Waals surface area contributed by atoms with E-state index in [9.17, 15) is 4.79 Å². The van der Waals surface area contributed by atoms with Crippen LogP contribution in [0.5, 0.6) is 5.75 Å². The summed E-state index contributed by atoms with van der Waals surface area (Å²) in [5.74, 6) is 0.193. The molecule has 2 aromatic rings. The van der Waals surface area contributed by atoms with E-state index >= 15 is 0 Å². The van der Waals surface area contributed by atoms with Gasteiger partial charge in [-0.1, -0.05) is 30.8 Å². The highest BCUT2D eigenvalue weighted by Gasteiger charge is 2.16. The number of rotatable bonds is 2. The van der Waals surface area contributed by atoms with Crippen molar-refractivity contribution in [3.63, 3.8) is 0 Å². The molecule has 1 aliphatic heterocycles. The fourth-order valence-electron chi connectivity index (χ4n) is 2.09. The number of carbonyl (C=O) groups is 1.